The van der Waals surface area contributed by atoms with Crippen LogP contribution < -0.4 is 39.8 Å². The minimum absolute atomic E-state index is 0. The van der Waals surface area contributed by atoms with Crippen LogP contribution in [0.25, 0.3) is 5.69 Å². The van der Waals surface area contributed by atoms with Crippen molar-refractivity contribution >= 4 is 45.2 Å². The van der Waals surface area contributed by atoms with Crippen molar-refractivity contribution < 1.29 is 29.0 Å². The van der Waals surface area contributed by atoms with Crippen molar-refractivity contribution in [3.63, 3.8) is 0 Å². The van der Waals surface area contributed by atoms with Gasteiger partial charge in [0, 0.05) is 11.5 Å². The second-order valence-corrected chi connectivity index (χ2v) is 7.36. The average Bonchev–Trinajstić information content (AvgIpc) is 3.07. The Morgan fingerprint density at radius 2 is 2.09 bits per heavy atom. The van der Waals surface area contributed by atoms with E-state index in [0.29, 0.717) is 10.9 Å². The molecule has 1 aliphatic heterocycles. The summed E-state index contributed by atoms with van der Waals surface area (Å²) in [5.74, 6) is 0. The number of rotatable bonds is 3. The predicted octanol–water partition coefficient (Wildman–Crippen LogP) is -2.11. The zero-order valence-corrected chi connectivity index (χ0v) is 18.0. The van der Waals surface area contributed by atoms with E-state index in [4.69, 9.17) is 0 Å². The molecule has 0 saturated heterocycles. The van der Waals surface area contributed by atoms with Crippen LogP contribution in [-0.4, -0.2) is 30.8 Å². The SMILES string of the molecule is Cc1c(NC2=[NH+]CC(CI)S2)c(=O)n(-c2ccccc2)n1C.[I-]. The minimum atomic E-state index is -0.0287. The summed E-state index contributed by atoms with van der Waals surface area (Å²) >= 11 is 4.15. The molecule has 2 heterocycles. The van der Waals surface area contributed by atoms with Gasteiger partial charge in [-0.05, 0) is 30.8 Å². The maximum atomic E-state index is 12.8. The first kappa shape index (κ1) is 18.8. The zero-order chi connectivity index (χ0) is 15.7. The molecule has 0 spiro atoms. The van der Waals surface area contributed by atoms with E-state index in [0.717, 1.165) is 27.5 Å². The second-order valence-electron chi connectivity index (χ2n) is 5.17. The number of anilines is 1. The first-order chi connectivity index (χ1) is 10.6. The molecule has 2 N–H and O–H groups in total. The summed E-state index contributed by atoms with van der Waals surface area (Å²) in [6.07, 6.45) is 0. The molecule has 1 aromatic heterocycles. The van der Waals surface area contributed by atoms with Gasteiger partial charge < -0.3 is 24.0 Å². The van der Waals surface area contributed by atoms with E-state index >= 15 is 0 Å². The molecule has 0 fully saturated rings. The van der Waals surface area contributed by atoms with Crippen molar-refractivity contribution in [2.24, 2.45) is 7.05 Å². The van der Waals surface area contributed by atoms with Crippen molar-refractivity contribution in [3.05, 3.63) is 46.4 Å². The number of para-hydroxylation sites is 1. The maximum Gasteiger partial charge on any atom is 0.318 e. The van der Waals surface area contributed by atoms with Gasteiger partial charge in [-0.25, -0.2) is 10.00 Å². The third-order valence-electron chi connectivity index (χ3n) is 3.74. The molecule has 8 heteroatoms. The molecule has 0 saturated carbocycles. The number of nitrogens with one attached hydrogen (secondary N) is 2. The molecule has 3 rings (SSSR count). The highest BCUT2D eigenvalue weighted by molar-refractivity contribution is 14.1. The standard InChI is InChI=1S/C15H17IN4OS.HI/c1-10-13(18-15-17-9-12(8-16)22-15)14(21)20(19(10)2)11-6-4-3-5-7-11;/h3-7,12H,8-9H2,1-2H3,(H,17,18);1H. The van der Waals surface area contributed by atoms with Crippen LogP contribution in [0.5, 0.6) is 0 Å². The van der Waals surface area contributed by atoms with E-state index in [1.807, 2.05) is 49.0 Å². The molecule has 5 nitrogen and oxygen atoms in total. The average molecular weight is 556 g/mol. The Balaban J connectivity index is 0.00000192. The minimum Gasteiger partial charge on any atom is -1.00 e. The van der Waals surface area contributed by atoms with Crippen molar-refractivity contribution in [2.75, 3.05) is 16.3 Å². The Kier molecular flexibility index (Phi) is 6.60. The van der Waals surface area contributed by atoms with E-state index in [1.165, 1.54) is 0 Å². The van der Waals surface area contributed by atoms with Crippen LogP contribution in [-0.2, 0) is 7.05 Å². The van der Waals surface area contributed by atoms with Gasteiger partial charge in [0.05, 0.1) is 23.2 Å². The summed E-state index contributed by atoms with van der Waals surface area (Å²) in [6, 6.07) is 9.69. The highest BCUT2D eigenvalue weighted by atomic mass is 127. The maximum absolute atomic E-state index is 12.8. The van der Waals surface area contributed by atoms with Crippen LogP contribution in [0.4, 0.5) is 5.69 Å². The fourth-order valence-electron chi connectivity index (χ4n) is 2.44. The van der Waals surface area contributed by atoms with Gasteiger partial charge in [0.15, 0.2) is 0 Å². The fourth-order valence-corrected chi connectivity index (χ4v) is 4.18. The van der Waals surface area contributed by atoms with Gasteiger partial charge in [0.1, 0.15) is 0 Å². The molecule has 0 amide bonds. The summed E-state index contributed by atoms with van der Waals surface area (Å²) in [7, 11) is 1.91. The summed E-state index contributed by atoms with van der Waals surface area (Å²) in [4.78, 5) is 16.1. The first-order valence-corrected chi connectivity index (χ1v) is 9.47. The lowest BCUT2D eigenvalue weighted by molar-refractivity contribution is -0.448. The van der Waals surface area contributed by atoms with Crippen molar-refractivity contribution in [3.8, 4) is 5.69 Å². The largest absolute Gasteiger partial charge is 1.00 e. The second kappa shape index (κ2) is 8.06. The lowest BCUT2D eigenvalue weighted by Crippen LogP contribution is -3.00. The van der Waals surface area contributed by atoms with Crippen LogP contribution >= 0.6 is 34.4 Å². The number of hydrogen-bond acceptors (Lipinski definition) is 3. The molecule has 1 aromatic carbocycles. The Bertz CT molecular complexity index is 770. The molecule has 0 bridgehead atoms. The molecular formula is C15H18I2N4OS. The number of nitrogens with zero attached hydrogens (tertiary/aromatic N) is 2. The summed E-state index contributed by atoms with van der Waals surface area (Å²) in [6.45, 7) is 2.90. The summed E-state index contributed by atoms with van der Waals surface area (Å²) < 4.78 is 4.66. The Labute approximate surface area is 170 Å². The van der Waals surface area contributed by atoms with Gasteiger partial charge in [0.25, 0.3) is 0 Å². The lowest BCUT2D eigenvalue weighted by Gasteiger charge is -2.06. The van der Waals surface area contributed by atoms with E-state index in [1.54, 1.807) is 16.4 Å². The zero-order valence-electron chi connectivity index (χ0n) is 12.8. The number of thioether (sulfide) groups is 1. The van der Waals surface area contributed by atoms with Gasteiger partial charge in [0.2, 0.25) is 5.69 Å². The number of halogens is 2. The monoisotopic (exact) mass is 556 g/mol. The molecule has 1 aliphatic rings. The van der Waals surface area contributed by atoms with Crippen LogP contribution in [0.2, 0.25) is 0 Å². The number of hydrogen-bond donors (Lipinski definition) is 2. The highest BCUT2D eigenvalue weighted by Gasteiger charge is 2.27. The molecule has 1 unspecified atom stereocenters. The Hall–Kier alpha value is -0.490. The summed E-state index contributed by atoms with van der Waals surface area (Å²) in [5, 5.41) is 4.81. The van der Waals surface area contributed by atoms with Crippen molar-refractivity contribution in [1.29, 1.82) is 0 Å². The van der Waals surface area contributed by atoms with Crippen LogP contribution in [0.3, 0.4) is 0 Å². The van der Waals surface area contributed by atoms with Crippen molar-refractivity contribution in [1.82, 2.24) is 9.36 Å². The first-order valence-electron chi connectivity index (χ1n) is 7.06. The molecule has 1 atom stereocenters. The molecule has 0 radical (unpaired) electrons. The van der Waals surface area contributed by atoms with Crippen LogP contribution in [0.1, 0.15) is 5.69 Å². The number of amidine groups is 1. The molecular weight excluding hydrogens is 538 g/mol. The molecule has 23 heavy (non-hydrogen) atoms. The molecule has 0 aliphatic carbocycles. The number of alkyl halides is 1. The van der Waals surface area contributed by atoms with Gasteiger partial charge in [-0.3, -0.25) is 14.5 Å². The van der Waals surface area contributed by atoms with E-state index in [2.05, 4.69) is 32.9 Å². The van der Waals surface area contributed by atoms with Gasteiger partial charge >= 0.3 is 10.7 Å². The fraction of sp³-hybridized carbons (Fsp3) is 0.333. The van der Waals surface area contributed by atoms with Gasteiger partial charge in [-0.2, -0.15) is 0 Å². The van der Waals surface area contributed by atoms with E-state index in [-0.39, 0.29) is 29.5 Å². The highest BCUT2D eigenvalue weighted by Crippen LogP contribution is 2.19. The molecule has 2 aromatic rings. The Morgan fingerprint density at radius 1 is 1.39 bits per heavy atom. The molecule has 124 valence electrons. The van der Waals surface area contributed by atoms with E-state index < -0.39 is 0 Å². The van der Waals surface area contributed by atoms with Gasteiger partial charge in [-0.15, -0.1) is 0 Å². The normalized spacial score (nSPS) is 16.8. The van der Waals surface area contributed by atoms with Gasteiger partial charge in [-0.1, -0.05) is 40.8 Å². The quantitative estimate of drug-likeness (QED) is 0.337. The predicted molar refractivity (Wildman–Crippen MR) is 100 cm³/mol. The third kappa shape index (κ3) is 3.78. The van der Waals surface area contributed by atoms with Crippen molar-refractivity contribution in [2.45, 2.75) is 12.2 Å². The third-order valence-corrected chi connectivity index (χ3v) is 6.55. The summed E-state index contributed by atoms with van der Waals surface area (Å²) in [5.41, 5.74) is 2.39. The smallest absolute Gasteiger partial charge is 0.318 e. The topological polar surface area (TPSA) is 52.9 Å². The number of benzene rings is 1. The van der Waals surface area contributed by atoms with Crippen LogP contribution in [0, 0.1) is 6.92 Å². The van der Waals surface area contributed by atoms with Crippen LogP contribution in [0.15, 0.2) is 35.1 Å². The Morgan fingerprint density at radius 3 is 2.70 bits per heavy atom. The van der Waals surface area contributed by atoms with E-state index in [9.17, 15) is 4.79 Å². The lowest BCUT2D eigenvalue weighted by atomic mass is 10.3. The number of aromatic nitrogens is 2.